The van der Waals surface area contributed by atoms with Crippen LogP contribution in [0.2, 0.25) is 0 Å². The molecule has 0 aliphatic heterocycles. The van der Waals surface area contributed by atoms with Crippen LogP contribution in [0.1, 0.15) is 0 Å². The molecule has 0 saturated heterocycles. The third-order valence-electron chi connectivity index (χ3n) is 1.48. The van der Waals surface area contributed by atoms with Crippen LogP contribution in [-0.4, -0.2) is 16.6 Å². The van der Waals surface area contributed by atoms with Crippen LogP contribution in [-0.2, 0) is 10.8 Å². The van der Waals surface area contributed by atoms with Crippen molar-refractivity contribution in [3.05, 3.63) is 22.7 Å². The molecule has 0 fully saturated rings. The highest BCUT2D eigenvalue weighted by Gasteiger charge is 2.07. The van der Waals surface area contributed by atoms with Gasteiger partial charge in [-0.25, -0.2) is 0 Å². The molecule has 1 rings (SSSR count). The van der Waals surface area contributed by atoms with Crippen molar-refractivity contribution >= 4 is 32.4 Å². The summed E-state index contributed by atoms with van der Waals surface area (Å²) in [6, 6.07) is 5.06. The van der Waals surface area contributed by atoms with Gasteiger partial charge in [-0.3, -0.25) is 8.60 Å². The number of hydrogen-bond donors (Lipinski definition) is 1. The summed E-state index contributed by atoms with van der Waals surface area (Å²) in [7, 11) is -1.34. The predicted octanol–water partition coefficient (Wildman–Crippen LogP) is 2.11. The maximum Gasteiger partial charge on any atom is 0.101 e. The molecule has 5 heteroatoms. The van der Waals surface area contributed by atoms with Crippen LogP contribution in [0, 0.1) is 0 Å². The van der Waals surface area contributed by atoms with Crippen LogP contribution >= 0.6 is 15.9 Å². The van der Waals surface area contributed by atoms with Gasteiger partial charge in [0.25, 0.3) is 0 Å². The molecule has 0 saturated carbocycles. The standard InChI is InChI=1S/C8H9BrFNOS/c9-6-1-2-7(11)8(5-6)13(12)4-3-10/h1-2,5H,3-4,11H2. The van der Waals surface area contributed by atoms with E-state index in [0.717, 1.165) is 4.47 Å². The van der Waals surface area contributed by atoms with Crippen molar-refractivity contribution in [3.63, 3.8) is 0 Å². The normalized spacial score (nSPS) is 12.8. The number of nitrogens with two attached hydrogens (primary N) is 1. The van der Waals surface area contributed by atoms with Gasteiger partial charge in [-0.2, -0.15) is 0 Å². The van der Waals surface area contributed by atoms with E-state index in [1.807, 2.05) is 0 Å². The van der Waals surface area contributed by atoms with Crippen LogP contribution < -0.4 is 5.73 Å². The molecule has 0 aliphatic rings. The topological polar surface area (TPSA) is 43.1 Å². The molecular weight excluding hydrogens is 257 g/mol. The van der Waals surface area contributed by atoms with E-state index in [4.69, 9.17) is 5.73 Å². The fourth-order valence-corrected chi connectivity index (χ4v) is 2.35. The largest absolute Gasteiger partial charge is 0.398 e. The third-order valence-corrected chi connectivity index (χ3v) is 3.35. The van der Waals surface area contributed by atoms with Gasteiger partial charge in [0.1, 0.15) is 6.67 Å². The van der Waals surface area contributed by atoms with Crippen molar-refractivity contribution < 1.29 is 8.60 Å². The maximum atomic E-state index is 11.9. The zero-order valence-electron chi connectivity index (χ0n) is 6.80. The van der Waals surface area contributed by atoms with Crippen LogP contribution in [0.25, 0.3) is 0 Å². The van der Waals surface area contributed by atoms with E-state index in [1.54, 1.807) is 18.2 Å². The second kappa shape index (κ2) is 4.72. The minimum absolute atomic E-state index is 0.000648. The molecule has 0 bridgehead atoms. The Labute approximate surface area is 86.9 Å². The van der Waals surface area contributed by atoms with Gasteiger partial charge >= 0.3 is 0 Å². The van der Waals surface area contributed by atoms with E-state index in [9.17, 15) is 8.60 Å². The average Bonchev–Trinajstić information content (AvgIpc) is 2.09. The van der Waals surface area contributed by atoms with Gasteiger partial charge in [0.2, 0.25) is 0 Å². The molecule has 0 aliphatic carbocycles. The number of rotatable bonds is 3. The SMILES string of the molecule is Nc1ccc(Br)cc1S(=O)CCF. The number of hydrogen-bond acceptors (Lipinski definition) is 2. The van der Waals surface area contributed by atoms with Crippen LogP contribution in [0.4, 0.5) is 10.1 Å². The molecular formula is C8H9BrFNOS. The molecule has 0 radical (unpaired) electrons. The van der Waals surface area contributed by atoms with E-state index < -0.39 is 17.5 Å². The number of benzene rings is 1. The molecule has 0 spiro atoms. The molecule has 1 aromatic rings. The molecule has 2 nitrogen and oxygen atoms in total. The maximum absolute atomic E-state index is 11.9. The molecule has 13 heavy (non-hydrogen) atoms. The Kier molecular flexibility index (Phi) is 3.87. The summed E-state index contributed by atoms with van der Waals surface area (Å²) in [6.07, 6.45) is 0. The molecule has 0 aromatic heterocycles. The first kappa shape index (κ1) is 10.7. The lowest BCUT2D eigenvalue weighted by Gasteiger charge is -2.04. The number of alkyl halides is 1. The van der Waals surface area contributed by atoms with E-state index in [1.165, 1.54) is 0 Å². The van der Waals surface area contributed by atoms with Crippen molar-refractivity contribution in [1.29, 1.82) is 0 Å². The van der Waals surface area contributed by atoms with Gasteiger partial charge in [0.15, 0.2) is 0 Å². The van der Waals surface area contributed by atoms with Crippen molar-refractivity contribution in [1.82, 2.24) is 0 Å². The highest BCUT2D eigenvalue weighted by Crippen LogP contribution is 2.21. The second-order valence-electron chi connectivity index (χ2n) is 2.42. The molecule has 2 N–H and O–H groups in total. The van der Waals surface area contributed by atoms with E-state index >= 15 is 0 Å². The molecule has 1 aromatic carbocycles. The number of anilines is 1. The van der Waals surface area contributed by atoms with Gasteiger partial charge in [-0.05, 0) is 18.2 Å². The first-order chi connectivity index (χ1) is 6.15. The summed E-state index contributed by atoms with van der Waals surface area (Å²) in [4.78, 5) is 0.493. The molecule has 1 atom stereocenters. The Morgan fingerprint density at radius 1 is 1.54 bits per heavy atom. The van der Waals surface area contributed by atoms with Crippen molar-refractivity contribution in [3.8, 4) is 0 Å². The summed E-state index contributed by atoms with van der Waals surface area (Å²) >= 11 is 3.23. The van der Waals surface area contributed by atoms with E-state index in [-0.39, 0.29) is 5.75 Å². The van der Waals surface area contributed by atoms with Crippen LogP contribution in [0.5, 0.6) is 0 Å². The van der Waals surface area contributed by atoms with Gasteiger partial charge in [0, 0.05) is 10.2 Å². The Balaban J connectivity index is 2.99. The van der Waals surface area contributed by atoms with Crippen molar-refractivity contribution in [2.45, 2.75) is 4.90 Å². The summed E-state index contributed by atoms with van der Waals surface area (Å²) in [5.74, 6) is 0.000648. The minimum Gasteiger partial charge on any atom is -0.398 e. The quantitative estimate of drug-likeness (QED) is 0.851. The Morgan fingerprint density at radius 3 is 2.85 bits per heavy atom. The third kappa shape index (κ3) is 2.77. The lowest BCUT2D eigenvalue weighted by Crippen LogP contribution is -2.03. The van der Waals surface area contributed by atoms with E-state index in [2.05, 4.69) is 15.9 Å². The fraction of sp³-hybridized carbons (Fsp3) is 0.250. The number of halogens is 2. The van der Waals surface area contributed by atoms with Crippen molar-refractivity contribution in [2.24, 2.45) is 0 Å². The van der Waals surface area contributed by atoms with Gasteiger partial charge < -0.3 is 5.73 Å². The summed E-state index contributed by atoms with van der Waals surface area (Å²) in [6.45, 7) is -0.599. The first-order valence-electron chi connectivity index (χ1n) is 3.64. The molecule has 1 unspecified atom stereocenters. The minimum atomic E-state index is -1.34. The predicted molar refractivity (Wildman–Crippen MR) is 55.8 cm³/mol. The summed E-state index contributed by atoms with van der Waals surface area (Å²) in [5.41, 5.74) is 6.02. The Bertz CT molecular complexity index is 332. The zero-order chi connectivity index (χ0) is 9.84. The molecule has 0 heterocycles. The molecule has 72 valence electrons. The van der Waals surface area contributed by atoms with Crippen LogP contribution in [0.15, 0.2) is 27.6 Å². The lowest BCUT2D eigenvalue weighted by atomic mass is 10.3. The Morgan fingerprint density at radius 2 is 2.23 bits per heavy atom. The fourth-order valence-electron chi connectivity index (χ4n) is 0.885. The van der Waals surface area contributed by atoms with Gasteiger partial charge in [-0.1, -0.05) is 15.9 Å². The zero-order valence-corrected chi connectivity index (χ0v) is 9.20. The summed E-state index contributed by atoms with van der Waals surface area (Å²) < 4.78 is 24.1. The lowest BCUT2D eigenvalue weighted by molar-refractivity contribution is 0.528. The Hall–Kier alpha value is -0.420. The average molecular weight is 266 g/mol. The first-order valence-corrected chi connectivity index (χ1v) is 5.75. The van der Waals surface area contributed by atoms with Crippen molar-refractivity contribution in [2.75, 3.05) is 18.2 Å². The number of nitrogen functional groups attached to an aromatic ring is 1. The second-order valence-corrected chi connectivity index (χ2v) is 4.88. The highest BCUT2D eigenvalue weighted by molar-refractivity contribution is 9.10. The van der Waals surface area contributed by atoms with E-state index in [0.29, 0.717) is 10.6 Å². The molecule has 0 amide bonds. The van der Waals surface area contributed by atoms with Crippen LogP contribution in [0.3, 0.4) is 0 Å². The van der Waals surface area contributed by atoms with Gasteiger partial charge in [0.05, 0.1) is 21.4 Å². The smallest absolute Gasteiger partial charge is 0.101 e. The van der Waals surface area contributed by atoms with Gasteiger partial charge in [-0.15, -0.1) is 0 Å². The monoisotopic (exact) mass is 265 g/mol. The highest BCUT2D eigenvalue weighted by atomic mass is 79.9. The summed E-state index contributed by atoms with van der Waals surface area (Å²) in [5, 5.41) is 0.